The summed E-state index contributed by atoms with van der Waals surface area (Å²) in [7, 11) is 0. The van der Waals surface area contributed by atoms with Crippen molar-refractivity contribution in [2.75, 3.05) is 13.2 Å². The molecule has 21 heavy (non-hydrogen) atoms. The predicted octanol–water partition coefficient (Wildman–Crippen LogP) is 4.12. The number of unbranched alkanes of at least 4 members (excludes halogenated alkanes) is 5. The van der Waals surface area contributed by atoms with Crippen molar-refractivity contribution in [2.45, 2.75) is 72.6 Å². The van der Waals surface area contributed by atoms with Crippen molar-refractivity contribution in [3.8, 4) is 0 Å². The smallest absolute Gasteiger partial charge is 0.320 e. The molecule has 0 aromatic rings. The Hall–Kier alpha value is -1.06. The first-order valence-corrected chi connectivity index (χ1v) is 8.41. The minimum Gasteiger partial charge on any atom is -0.465 e. The van der Waals surface area contributed by atoms with E-state index in [-0.39, 0.29) is 5.92 Å². The van der Waals surface area contributed by atoms with Crippen molar-refractivity contribution in [3.05, 3.63) is 0 Å². The molecule has 1 atom stereocenters. The van der Waals surface area contributed by atoms with Gasteiger partial charge in [-0.15, -0.1) is 0 Å². The molecule has 0 heterocycles. The van der Waals surface area contributed by atoms with Crippen LogP contribution in [0, 0.1) is 11.8 Å². The Morgan fingerprint density at radius 3 is 1.76 bits per heavy atom. The van der Waals surface area contributed by atoms with Gasteiger partial charge in [0.25, 0.3) is 0 Å². The quantitative estimate of drug-likeness (QED) is 0.309. The van der Waals surface area contributed by atoms with Crippen LogP contribution in [0.3, 0.4) is 0 Å². The van der Waals surface area contributed by atoms with Crippen LogP contribution in [0.2, 0.25) is 0 Å². The maximum atomic E-state index is 12.0. The lowest BCUT2D eigenvalue weighted by Gasteiger charge is -2.20. The van der Waals surface area contributed by atoms with Crippen LogP contribution in [0.25, 0.3) is 0 Å². The van der Waals surface area contributed by atoms with E-state index in [0.29, 0.717) is 13.2 Å². The lowest BCUT2D eigenvalue weighted by molar-refractivity contribution is -0.164. The molecule has 0 rings (SSSR count). The van der Waals surface area contributed by atoms with E-state index in [1.165, 1.54) is 25.7 Å². The summed E-state index contributed by atoms with van der Waals surface area (Å²) in [6.45, 7) is 8.21. The molecule has 0 radical (unpaired) electrons. The predicted molar refractivity (Wildman–Crippen MR) is 83.9 cm³/mol. The molecule has 0 bridgehead atoms. The van der Waals surface area contributed by atoms with Crippen molar-refractivity contribution >= 4 is 11.9 Å². The molecule has 0 saturated carbocycles. The normalized spacial score (nSPS) is 12.2. The van der Waals surface area contributed by atoms with Gasteiger partial charge in [0, 0.05) is 0 Å². The van der Waals surface area contributed by atoms with Crippen LogP contribution < -0.4 is 0 Å². The van der Waals surface area contributed by atoms with E-state index in [9.17, 15) is 9.59 Å². The van der Waals surface area contributed by atoms with E-state index in [2.05, 4.69) is 6.92 Å². The molecular weight excluding hydrogens is 268 g/mol. The topological polar surface area (TPSA) is 52.6 Å². The van der Waals surface area contributed by atoms with Gasteiger partial charge in [0.15, 0.2) is 5.92 Å². The zero-order chi connectivity index (χ0) is 16.1. The van der Waals surface area contributed by atoms with Crippen molar-refractivity contribution < 1.29 is 19.1 Å². The highest BCUT2D eigenvalue weighted by Gasteiger charge is 2.34. The van der Waals surface area contributed by atoms with E-state index in [1.54, 1.807) is 13.8 Å². The molecule has 0 spiro atoms. The van der Waals surface area contributed by atoms with Gasteiger partial charge in [-0.25, -0.2) is 0 Å². The number of carbonyl (C=O) groups excluding carboxylic acids is 2. The first-order valence-electron chi connectivity index (χ1n) is 8.41. The zero-order valence-electron chi connectivity index (χ0n) is 14.2. The highest BCUT2D eigenvalue weighted by atomic mass is 16.6. The van der Waals surface area contributed by atoms with Gasteiger partial charge >= 0.3 is 11.9 Å². The molecule has 0 aromatic heterocycles. The lowest BCUT2D eigenvalue weighted by atomic mass is 9.89. The second kappa shape index (κ2) is 12.7. The van der Waals surface area contributed by atoms with Crippen LogP contribution >= 0.6 is 0 Å². The van der Waals surface area contributed by atoms with Gasteiger partial charge in [0.1, 0.15) is 0 Å². The minimum absolute atomic E-state index is 0.0331. The molecule has 0 aliphatic carbocycles. The van der Waals surface area contributed by atoms with Gasteiger partial charge in [-0.2, -0.15) is 0 Å². The summed E-state index contributed by atoms with van der Waals surface area (Å²) < 4.78 is 10.0. The standard InChI is InChI=1S/C17H32O4/c1-5-8-9-10-11-12-13-14(4)15(16(18)20-6-2)17(19)21-7-3/h14-15H,5-13H2,1-4H3. The average molecular weight is 300 g/mol. The Labute approximate surface area is 129 Å². The maximum Gasteiger partial charge on any atom is 0.320 e. The SMILES string of the molecule is CCCCCCCCC(C)C(C(=O)OCC)C(=O)OCC. The Morgan fingerprint density at radius 2 is 1.29 bits per heavy atom. The molecule has 4 heteroatoms. The number of esters is 2. The first-order chi connectivity index (χ1) is 10.1. The maximum absolute atomic E-state index is 12.0. The molecule has 0 N–H and O–H groups in total. The average Bonchev–Trinajstić information content (AvgIpc) is 2.43. The van der Waals surface area contributed by atoms with Gasteiger partial charge in [0.2, 0.25) is 0 Å². The Kier molecular flexibility index (Phi) is 12.0. The molecule has 0 aromatic carbocycles. The second-order valence-corrected chi connectivity index (χ2v) is 5.52. The third-order valence-corrected chi connectivity index (χ3v) is 3.66. The van der Waals surface area contributed by atoms with Crippen molar-refractivity contribution in [3.63, 3.8) is 0 Å². The molecule has 4 nitrogen and oxygen atoms in total. The van der Waals surface area contributed by atoms with Gasteiger partial charge in [-0.05, 0) is 26.2 Å². The summed E-state index contributed by atoms with van der Waals surface area (Å²) >= 11 is 0. The molecule has 124 valence electrons. The van der Waals surface area contributed by atoms with Crippen LogP contribution in [0.15, 0.2) is 0 Å². The Bertz CT molecular complexity index is 271. The summed E-state index contributed by atoms with van der Waals surface area (Å²) in [6.07, 6.45) is 8.07. The third-order valence-electron chi connectivity index (χ3n) is 3.66. The molecule has 0 fully saturated rings. The van der Waals surface area contributed by atoms with Crippen molar-refractivity contribution in [2.24, 2.45) is 11.8 Å². The Balaban J connectivity index is 4.27. The second-order valence-electron chi connectivity index (χ2n) is 5.52. The van der Waals surface area contributed by atoms with Crippen LogP contribution in [-0.4, -0.2) is 25.2 Å². The third kappa shape index (κ3) is 8.74. The van der Waals surface area contributed by atoms with E-state index in [4.69, 9.17) is 9.47 Å². The molecule has 0 aliphatic rings. The fourth-order valence-electron chi connectivity index (χ4n) is 2.44. The summed E-state index contributed by atoms with van der Waals surface area (Å²) in [5.74, 6) is -1.71. The number of rotatable bonds is 12. The first kappa shape index (κ1) is 19.9. The van der Waals surface area contributed by atoms with E-state index in [1.807, 2.05) is 6.92 Å². The highest BCUT2D eigenvalue weighted by Crippen LogP contribution is 2.22. The fraction of sp³-hybridized carbons (Fsp3) is 0.882. The molecule has 0 aliphatic heterocycles. The molecule has 0 saturated heterocycles. The molecule has 0 amide bonds. The molecular formula is C17H32O4. The minimum atomic E-state index is -0.777. The zero-order valence-corrected chi connectivity index (χ0v) is 14.2. The van der Waals surface area contributed by atoms with E-state index >= 15 is 0 Å². The summed E-state index contributed by atoms with van der Waals surface area (Å²) in [6, 6.07) is 0. The summed E-state index contributed by atoms with van der Waals surface area (Å²) in [5, 5.41) is 0. The van der Waals surface area contributed by atoms with Crippen LogP contribution in [0.4, 0.5) is 0 Å². The van der Waals surface area contributed by atoms with Gasteiger partial charge < -0.3 is 9.47 Å². The van der Waals surface area contributed by atoms with Crippen LogP contribution in [0.1, 0.15) is 72.6 Å². The fourth-order valence-corrected chi connectivity index (χ4v) is 2.44. The van der Waals surface area contributed by atoms with E-state index < -0.39 is 17.9 Å². The summed E-state index contributed by atoms with van der Waals surface area (Å²) in [5.41, 5.74) is 0. The van der Waals surface area contributed by atoms with Crippen LogP contribution in [-0.2, 0) is 19.1 Å². The number of hydrogen-bond acceptors (Lipinski definition) is 4. The van der Waals surface area contributed by atoms with Gasteiger partial charge in [-0.3, -0.25) is 9.59 Å². The number of ether oxygens (including phenoxy) is 2. The highest BCUT2D eigenvalue weighted by molar-refractivity contribution is 5.95. The lowest BCUT2D eigenvalue weighted by Crippen LogP contribution is -2.33. The van der Waals surface area contributed by atoms with Crippen molar-refractivity contribution in [1.29, 1.82) is 0 Å². The number of hydrogen-bond donors (Lipinski definition) is 0. The van der Waals surface area contributed by atoms with Gasteiger partial charge in [0.05, 0.1) is 13.2 Å². The largest absolute Gasteiger partial charge is 0.465 e. The van der Waals surface area contributed by atoms with E-state index in [0.717, 1.165) is 19.3 Å². The monoisotopic (exact) mass is 300 g/mol. The van der Waals surface area contributed by atoms with Crippen molar-refractivity contribution in [1.82, 2.24) is 0 Å². The summed E-state index contributed by atoms with van der Waals surface area (Å²) in [4.78, 5) is 23.9. The molecule has 1 unspecified atom stereocenters. The van der Waals surface area contributed by atoms with Crippen LogP contribution in [0.5, 0.6) is 0 Å². The van der Waals surface area contributed by atoms with Gasteiger partial charge in [-0.1, -0.05) is 52.4 Å². The number of carbonyl (C=O) groups is 2. The Morgan fingerprint density at radius 1 is 0.810 bits per heavy atom.